The van der Waals surface area contributed by atoms with Crippen molar-refractivity contribution in [2.45, 2.75) is 25.8 Å². The molecule has 3 rings (SSSR count). The monoisotopic (exact) mass is 246 g/mol. The van der Waals surface area contributed by atoms with Crippen molar-refractivity contribution in [2.75, 3.05) is 24.1 Å². The summed E-state index contributed by atoms with van der Waals surface area (Å²) in [6.45, 7) is 3.97. The van der Waals surface area contributed by atoms with Crippen LogP contribution in [0.25, 0.3) is 0 Å². The lowest BCUT2D eigenvalue weighted by Crippen LogP contribution is -2.63. The maximum Gasteiger partial charge on any atom is 0.140 e. The number of aromatic nitrogens is 2. The number of nitrogen functional groups attached to an aromatic ring is 1. The highest BCUT2D eigenvalue weighted by atomic mass is 15.1. The van der Waals surface area contributed by atoms with E-state index in [0.717, 1.165) is 13.1 Å². The smallest absolute Gasteiger partial charge is 0.140 e. The van der Waals surface area contributed by atoms with E-state index < -0.39 is 0 Å². The Labute approximate surface area is 106 Å². The molecule has 6 nitrogen and oxygen atoms in total. The molecule has 0 bridgehead atoms. The van der Waals surface area contributed by atoms with Gasteiger partial charge in [0.25, 0.3) is 0 Å². The number of nitrogens with two attached hydrogens (primary N) is 1. The fourth-order valence-corrected chi connectivity index (χ4v) is 2.93. The molecule has 1 saturated carbocycles. The molecule has 1 aromatic rings. The molecule has 0 atom stereocenters. The molecule has 1 aliphatic heterocycles. The van der Waals surface area contributed by atoms with Gasteiger partial charge in [0.1, 0.15) is 18.0 Å². The Balaban J connectivity index is 1.73. The molecular weight excluding hydrogens is 228 g/mol. The number of nitrogens with one attached hydrogen (secondary N) is 3. The van der Waals surface area contributed by atoms with E-state index in [0.29, 0.717) is 34.4 Å². The van der Waals surface area contributed by atoms with Crippen LogP contribution in [0.1, 0.15) is 25.3 Å². The van der Waals surface area contributed by atoms with E-state index in [1.165, 1.54) is 19.2 Å². The zero-order valence-corrected chi connectivity index (χ0v) is 10.5. The van der Waals surface area contributed by atoms with Crippen LogP contribution in [0.5, 0.6) is 0 Å². The number of anilines is 2. The standard InChI is InChI=1S/C12H18N6/c1-7(13)9-10(14)16-6-17-11(9)18-8-2-12(3-8)4-15-5-12/h6,8,13,15H,2-5H2,1H3,(H3,14,16,17,18). The zero-order valence-electron chi connectivity index (χ0n) is 10.5. The highest BCUT2D eigenvalue weighted by molar-refractivity contribution is 6.04. The predicted molar refractivity (Wildman–Crippen MR) is 70.9 cm³/mol. The van der Waals surface area contributed by atoms with E-state index in [1.54, 1.807) is 6.92 Å². The fourth-order valence-electron chi connectivity index (χ4n) is 2.93. The lowest BCUT2D eigenvalue weighted by atomic mass is 9.61. The van der Waals surface area contributed by atoms with Crippen LogP contribution in [0.3, 0.4) is 0 Å². The average Bonchev–Trinajstić information content (AvgIpc) is 2.19. The number of nitrogens with zero attached hydrogens (tertiary/aromatic N) is 2. The molecular formula is C12H18N6. The van der Waals surface area contributed by atoms with Gasteiger partial charge in [-0.25, -0.2) is 9.97 Å². The lowest BCUT2D eigenvalue weighted by molar-refractivity contribution is 0.0469. The minimum Gasteiger partial charge on any atom is -0.383 e. The van der Waals surface area contributed by atoms with Gasteiger partial charge in [-0.05, 0) is 25.2 Å². The quantitative estimate of drug-likeness (QED) is 0.586. The Morgan fingerprint density at radius 1 is 1.50 bits per heavy atom. The summed E-state index contributed by atoms with van der Waals surface area (Å²) < 4.78 is 0. The van der Waals surface area contributed by atoms with Crippen LogP contribution < -0.4 is 16.4 Å². The van der Waals surface area contributed by atoms with Gasteiger partial charge >= 0.3 is 0 Å². The molecule has 2 aliphatic rings. The van der Waals surface area contributed by atoms with Crippen molar-refractivity contribution in [1.29, 1.82) is 5.41 Å². The highest BCUT2D eigenvalue weighted by Gasteiger charge is 2.48. The highest BCUT2D eigenvalue weighted by Crippen LogP contribution is 2.45. The summed E-state index contributed by atoms with van der Waals surface area (Å²) in [5.74, 6) is 1.07. The van der Waals surface area contributed by atoms with Crippen LogP contribution in [0, 0.1) is 10.8 Å². The van der Waals surface area contributed by atoms with E-state index >= 15 is 0 Å². The molecule has 0 amide bonds. The second-order valence-electron chi connectivity index (χ2n) is 5.46. The van der Waals surface area contributed by atoms with Gasteiger partial charge in [-0.15, -0.1) is 0 Å². The molecule has 1 aromatic heterocycles. The Bertz CT molecular complexity index is 485. The van der Waals surface area contributed by atoms with Crippen molar-refractivity contribution in [2.24, 2.45) is 5.41 Å². The van der Waals surface area contributed by atoms with Crippen molar-refractivity contribution >= 4 is 17.3 Å². The van der Waals surface area contributed by atoms with E-state index in [9.17, 15) is 0 Å². The molecule has 18 heavy (non-hydrogen) atoms. The molecule has 1 saturated heterocycles. The molecule has 2 fully saturated rings. The molecule has 5 N–H and O–H groups in total. The summed E-state index contributed by atoms with van der Waals surface area (Å²) >= 11 is 0. The summed E-state index contributed by atoms with van der Waals surface area (Å²) in [6, 6.07) is 0.444. The molecule has 96 valence electrons. The van der Waals surface area contributed by atoms with Gasteiger partial charge in [0.15, 0.2) is 0 Å². The molecule has 1 aliphatic carbocycles. The molecule has 0 aromatic carbocycles. The van der Waals surface area contributed by atoms with Gasteiger partial charge in [-0.3, -0.25) is 0 Å². The maximum atomic E-state index is 7.75. The van der Waals surface area contributed by atoms with Crippen LogP contribution in [-0.2, 0) is 0 Å². The van der Waals surface area contributed by atoms with Gasteiger partial charge in [-0.1, -0.05) is 0 Å². The van der Waals surface area contributed by atoms with Gasteiger partial charge < -0.3 is 21.8 Å². The largest absolute Gasteiger partial charge is 0.383 e. The van der Waals surface area contributed by atoms with Crippen LogP contribution in [0.4, 0.5) is 11.6 Å². The van der Waals surface area contributed by atoms with Gasteiger partial charge in [0, 0.05) is 24.8 Å². The minimum atomic E-state index is 0.374. The number of rotatable bonds is 3. The van der Waals surface area contributed by atoms with Gasteiger partial charge in [0.05, 0.1) is 5.56 Å². The van der Waals surface area contributed by atoms with E-state index in [4.69, 9.17) is 11.1 Å². The first kappa shape index (κ1) is 11.4. The summed E-state index contributed by atoms with van der Waals surface area (Å²) in [7, 11) is 0. The van der Waals surface area contributed by atoms with E-state index in [1.807, 2.05) is 0 Å². The Morgan fingerprint density at radius 2 is 2.22 bits per heavy atom. The summed E-state index contributed by atoms with van der Waals surface area (Å²) in [5, 5.41) is 14.5. The van der Waals surface area contributed by atoms with Gasteiger partial charge in [-0.2, -0.15) is 0 Å². The number of hydrogen-bond donors (Lipinski definition) is 4. The first-order chi connectivity index (χ1) is 8.60. The molecule has 0 unspecified atom stereocenters. The zero-order chi connectivity index (χ0) is 12.8. The van der Waals surface area contributed by atoms with Crippen molar-refractivity contribution in [1.82, 2.24) is 15.3 Å². The fraction of sp³-hybridized carbons (Fsp3) is 0.583. The third-order valence-electron chi connectivity index (χ3n) is 3.95. The SMILES string of the molecule is CC(=N)c1c(N)ncnc1NC1CC2(CNC2)C1. The normalized spacial score (nSPS) is 21.2. The second-order valence-corrected chi connectivity index (χ2v) is 5.46. The first-order valence-electron chi connectivity index (χ1n) is 6.23. The summed E-state index contributed by atoms with van der Waals surface area (Å²) in [5.41, 5.74) is 7.36. The summed E-state index contributed by atoms with van der Waals surface area (Å²) in [4.78, 5) is 8.16. The van der Waals surface area contributed by atoms with Gasteiger partial charge in [0.2, 0.25) is 0 Å². The van der Waals surface area contributed by atoms with Crippen molar-refractivity contribution in [3.8, 4) is 0 Å². The Kier molecular flexibility index (Phi) is 2.48. The predicted octanol–water partition coefficient (Wildman–Crippen LogP) is 0.610. The van der Waals surface area contributed by atoms with Crippen molar-refractivity contribution < 1.29 is 0 Å². The molecule has 1 spiro atoms. The van der Waals surface area contributed by atoms with E-state index in [-0.39, 0.29) is 0 Å². The van der Waals surface area contributed by atoms with Crippen LogP contribution in [-0.4, -0.2) is 34.8 Å². The lowest BCUT2D eigenvalue weighted by Gasteiger charge is -2.54. The average molecular weight is 246 g/mol. The van der Waals surface area contributed by atoms with Crippen molar-refractivity contribution in [3.05, 3.63) is 11.9 Å². The third kappa shape index (κ3) is 1.73. The minimum absolute atomic E-state index is 0.374. The second kappa shape index (κ2) is 3.91. The van der Waals surface area contributed by atoms with Crippen molar-refractivity contribution in [3.63, 3.8) is 0 Å². The number of hydrogen-bond acceptors (Lipinski definition) is 6. The maximum absolute atomic E-state index is 7.75. The third-order valence-corrected chi connectivity index (χ3v) is 3.95. The van der Waals surface area contributed by atoms with Crippen LogP contribution in [0.2, 0.25) is 0 Å². The van der Waals surface area contributed by atoms with Crippen LogP contribution >= 0.6 is 0 Å². The van der Waals surface area contributed by atoms with E-state index in [2.05, 4.69) is 20.6 Å². The molecule has 0 radical (unpaired) electrons. The summed E-state index contributed by atoms with van der Waals surface area (Å²) in [6.07, 6.45) is 3.78. The topological polar surface area (TPSA) is 99.7 Å². The first-order valence-corrected chi connectivity index (χ1v) is 6.23. The molecule has 2 heterocycles. The molecule has 6 heteroatoms. The Morgan fingerprint density at radius 3 is 2.78 bits per heavy atom. The Hall–Kier alpha value is -1.69. The van der Waals surface area contributed by atoms with Crippen LogP contribution in [0.15, 0.2) is 6.33 Å².